The summed E-state index contributed by atoms with van der Waals surface area (Å²) in [6.07, 6.45) is 12.5. The average Bonchev–Trinajstić information content (AvgIpc) is 3.28. The second kappa shape index (κ2) is 12.1. The van der Waals surface area contributed by atoms with Crippen LogP contribution in [0.15, 0.2) is 12.2 Å². The Morgan fingerprint density at radius 3 is 2.17 bits per heavy atom. The molecule has 5 saturated carbocycles. The van der Waals surface area contributed by atoms with Crippen molar-refractivity contribution in [2.24, 2.45) is 62.1 Å². The van der Waals surface area contributed by atoms with E-state index in [-0.39, 0.29) is 57.9 Å². The third kappa shape index (κ3) is 6.21. The van der Waals surface area contributed by atoms with Crippen LogP contribution in [0.4, 0.5) is 0 Å². The first kappa shape index (κ1) is 37.4. The van der Waals surface area contributed by atoms with Gasteiger partial charge in [-0.2, -0.15) is 0 Å². The summed E-state index contributed by atoms with van der Waals surface area (Å²) >= 11 is 0. The zero-order chi connectivity index (χ0) is 35.9. The summed E-state index contributed by atoms with van der Waals surface area (Å²) in [6, 6.07) is 0. The average molecular weight is 688 g/mol. The van der Waals surface area contributed by atoms with Gasteiger partial charge in [-0.15, -0.1) is 0 Å². The van der Waals surface area contributed by atoms with Gasteiger partial charge in [-0.25, -0.2) is 4.21 Å². The first-order valence-electron chi connectivity index (χ1n) is 18.6. The molecular weight excluding hydrogens is 623 g/mol. The molecule has 0 aromatic heterocycles. The number of aliphatic carboxylic acids is 1. The molecule has 48 heavy (non-hydrogen) atoms. The van der Waals surface area contributed by atoms with Crippen molar-refractivity contribution in [3.63, 3.8) is 0 Å². The predicted molar refractivity (Wildman–Crippen MR) is 193 cm³/mol. The predicted octanol–water partition coefficient (Wildman–Crippen LogP) is 8.21. The van der Waals surface area contributed by atoms with Gasteiger partial charge in [0.2, 0.25) is 5.91 Å². The third-order valence-electron chi connectivity index (χ3n) is 15.5. The SMILES string of the molecule is C=C(C)[C@@H]1CC[C@]2(CC(=O)NS(=C)(C)=O)CC[C@]3(C)[C@H](CC[C@@H]4[C@@]5(C)CC[C@H](OC(=O)CC(C)(C)CC(=O)O)C(C)(C)[C@@H]5CC[C@]43C)[C@@H]12. The fourth-order valence-electron chi connectivity index (χ4n) is 13.4. The molecular formula is C40H65NO6S. The van der Waals surface area contributed by atoms with Gasteiger partial charge in [-0.1, -0.05) is 60.6 Å². The number of carboxylic acids is 1. The number of ether oxygens (including phenoxy) is 1. The highest BCUT2D eigenvalue weighted by Gasteiger charge is 2.71. The number of carbonyl (C=O) groups is 3. The van der Waals surface area contributed by atoms with Crippen LogP contribution in [-0.4, -0.2) is 45.4 Å². The summed E-state index contributed by atoms with van der Waals surface area (Å²) in [4.78, 5) is 37.9. The van der Waals surface area contributed by atoms with Crippen LogP contribution < -0.4 is 4.72 Å². The zero-order valence-electron chi connectivity index (χ0n) is 31.5. The van der Waals surface area contributed by atoms with Crippen molar-refractivity contribution in [1.29, 1.82) is 0 Å². The van der Waals surface area contributed by atoms with E-state index in [9.17, 15) is 23.7 Å². The molecule has 0 radical (unpaired) electrons. The second-order valence-electron chi connectivity index (χ2n) is 19.5. The van der Waals surface area contributed by atoms with Crippen LogP contribution in [0.5, 0.6) is 0 Å². The Labute approximate surface area is 291 Å². The van der Waals surface area contributed by atoms with E-state index in [4.69, 9.17) is 4.74 Å². The highest BCUT2D eigenvalue weighted by atomic mass is 32.2. The monoisotopic (exact) mass is 687 g/mol. The summed E-state index contributed by atoms with van der Waals surface area (Å²) in [5.74, 6) is 4.70. The van der Waals surface area contributed by atoms with Crippen LogP contribution in [0.25, 0.3) is 0 Å². The van der Waals surface area contributed by atoms with Gasteiger partial charge in [-0.3, -0.25) is 19.1 Å². The molecule has 0 saturated heterocycles. The minimum Gasteiger partial charge on any atom is -0.481 e. The van der Waals surface area contributed by atoms with Gasteiger partial charge >= 0.3 is 11.9 Å². The molecule has 0 aromatic rings. The van der Waals surface area contributed by atoms with E-state index >= 15 is 0 Å². The van der Waals surface area contributed by atoms with Crippen molar-refractivity contribution in [1.82, 2.24) is 4.72 Å². The Kier molecular flexibility index (Phi) is 9.47. The number of rotatable bonds is 9. The normalized spacial score (nSPS) is 42.9. The van der Waals surface area contributed by atoms with Gasteiger partial charge in [0.15, 0.2) is 0 Å². The number of hydrogen-bond donors (Lipinski definition) is 2. The Bertz CT molecular complexity index is 1450. The minimum absolute atomic E-state index is 0.0596. The van der Waals surface area contributed by atoms with E-state index < -0.39 is 21.1 Å². The van der Waals surface area contributed by atoms with Gasteiger partial charge in [0, 0.05) is 27.8 Å². The van der Waals surface area contributed by atoms with Crippen molar-refractivity contribution < 1.29 is 28.4 Å². The number of amides is 1. The number of hydrogen-bond acceptors (Lipinski definition) is 5. The zero-order valence-corrected chi connectivity index (χ0v) is 32.3. The molecule has 0 heterocycles. The maximum Gasteiger partial charge on any atom is 0.306 e. The summed E-state index contributed by atoms with van der Waals surface area (Å²) in [7, 11) is -2.61. The smallest absolute Gasteiger partial charge is 0.306 e. The molecule has 2 N–H and O–H groups in total. The second-order valence-corrected chi connectivity index (χ2v) is 21.7. The Balaban J connectivity index is 1.40. The van der Waals surface area contributed by atoms with Crippen molar-refractivity contribution in [3.05, 3.63) is 12.2 Å². The lowest BCUT2D eigenvalue weighted by Gasteiger charge is -2.73. The lowest BCUT2D eigenvalue weighted by Crippen LogP contribution is -2.67. The third-order valence-corrected chi connectivity index (χ3v) is 16.2. The number of carbonyl (C=O) groups excluding carboxylic acids is 2. The van der Waals surface area contributed by atoms with Crippen molar-refractivity contribution >= 4 is 33.4 Å². The van der Waals surface area contributed by atoms with Crippen molar-refractivity contribution in [2.45, 2.75) is 145 Å². The first-order valence-corrected chi connectivity index (χ1v) is 20.7. The fourth-order valence-corrected chi connectivity index (χ4v) is 14.0. The van der Waals surface area contributed by atoms with Crippen LogP contribution in [0, 0.1) is 62.1 Å². The van der Waals surface area contributed by atoms with Gasteiger partial charge in [0.25, 0.3) is 0 Å². The lowest BCUT2D eigenvalue weighted by molar-refractivity contribution is -0.250. The number of nitrogens with one attached hydrogen (secondary N) is 1. The molecule has 7 nitrogen and oxygen atoms in total. The molecule has 0 spiro atoms. The Hall–Kier alpha value is -1.83. The van der Waals surface area contributed by atoms with E-state index in [1.807, 2.05) is 13.8 Å². The van der Waals surface area contributed by atoms with Gasteiger partial charge < -0.3 is 9.84 Å². The highest BCUT2D eigenvalue weighted by Crippen LogP contribution is 2.78. The lowest BCUT2D eigenvalue weighted by atomic mass is 9.32. The molecule has 0 aliphatic heterocycles. The summed E-state index contributed by atoms with van der Waals surface area (Å²) in [6.45, 7) is 22.7. The number of allylic oxidation sites excluding steroid dienone is 1. The molecule has 5 aliphatic rings. The van der Waals surface area contributed by atoms with Gasteiger partial charge in [-0.05, 0) is 134 Å². The molecule has 1 amide bonds. The van der Waals surface area contributed by atoms with E-state index in [2.05, 4.69) is 58.7 Å². The molecule has 5 rings (SSSR count). The Morgan fingerprint density at radius 1 is 0.896 bits per heavy atom. The fraction of sp³-hybridized carbons (Fsp3) is 0.850. The minimum atomic E-state index is -2.61. The van der Waals surface area contributed by atoms with Crippen molar-refractivity contribution in [3.8, 4) is 0 Å². The van der Waals surface area contributed by atoms with Crippen LogP contribution >= 0.6 is 0 Å². The molecule has 8 heteroatoms. The number of fused-ring (bicyclic) bond motifs is 7. The van der Waals surface area contributed by atoms with E-state index in [1.54, 1.807) is 0 Å². The summed E-state index contributed by atoms with van der Waals surface area (Å²) < 4.78 is 21.4. The van der Waals surface area contributed by atoms with Crippen LogP contribution in [-0.2, 0) is 28.8 Å². The van der Waals surface area contributed by atoms with Crippen molar-refractivity contribution in [2.75, 3.05) is 6.26 Å². The van der Waals surface area contributed by atoms with Crippen LogP contribution in [0.1, 0.15) is 139 Å². The van der Waals surface area contributed by atoms with Crippen LogP contribution in [0.3, 0.4) is 0 Å². The first-order chi connectivity index (χ1) is 21.9. The molecule has 0 bridgehead atoms. The molecule has 272 valence electrons. The Morgan fingerprint density at radius 2 is 1.56 bits per heavy atom. The van der Waals surface area contributed by atoms with E-state index in [1.165, 1.54) is 18.2 Å². The number of carboxylic acid groups (broad SMARTS) is 1. The quantitative estimate of drug-likeness (QED) is 0.144. The van der Waals surface area contributed by atoms with Crippen LogP contribution in [0.2, 0.25) is 0 Å². The summed E-state index contributed by atoms with van der Waals surface area (Å²) in [5, 5.41) is 9.31. The van der Waals surface area contributed by atoms with E-state index in [0.717, 1.165) is 57.8 Å². The van der Waals surface area contributed by atoms with Gasteiger partial charge in [0.1, 0.15) is 6.10 Å². The molecule has 5 aliphatic carbocycles. The molecule has 1 unspecified atom stereocenters. The summed E-state index contributed by atoms with van der Waals surface area (Å²) in [5.41, 5.74) is 0.747. The van der Waals surface area contributed by atoms with Gasteiger partial charge in [0.05, 0.1) is 12.8 Å². The molecule has 0 aromatic carbocycles. The highest BCUT2D eigenvalue weighted by molar-refractivity contribution is 7.98. The molecule has 5 fully saturated rings. The largest absolute Gasteiger partial charge is 0.481 e. The maximum absolute atomic E-state index is 13.3. The topological polar surface area (TPSA) is 110 Å². The van der Waals surface area contributed by atoms with E-state index in [0.29, 0.717) is 36.0 Å². The maximum atomic E-state index is 13.3. The number of esters is 1. The molecule has 11 atom stereocenters. The standard InChI is InChI=1S/C40H65NO6S/c1-25(2)26-14-19-40(22-31(42)41-48(10,11)46)21-20-38(8)27(34(26)40)12-13-29-37(7)17-16-30(36(5,6)28(37)15-18-39(29,38)9)47-33(45)24-35(3,4)23-32(43)44/h26-30,34H,1,10,12-24H2,2-9,11H3,(H,43,44)(H,41,42,46)/t26-,27+,28-,29+,30-,34+,37-,38+,39+,40+,48?/m0/s1.